The van der Waals surface area contributed by atoms with Crippen LogP contribution >= 0.6 is 11.3 Å². The van der Waals surface area contributed by atoms with Crippen LogP contribution in [0, 0.1) is 11.8 Å². The van der Waals surface area contributed by atoms with E-state index in [2.05, 4.69) is 32.7 Å². The van der Waals surface area contributed by atoms with E-state index in [4.69, 9.17) is 24.5 Å². The molecule has 0 unspecified atom stereocenters. The molecule has 0 aromatic carbocycles. The number of nitrogens with one attached hydrogen (secondary N) is 1. The number of likely N-dealkylation sites (tertiary alicyclic amines) is 1. The number of ether oxygens (including phenoxy) is 1. The average Bonchev–Trinajstić information content (AvgIpc) is 3.54. The highest BCUT2D eigenvalue weighted by Crippen LogP contribution is 2.36. The van der Waals surface area contributed by atoms with Gasteiger partial charge in [-0.15, -0.1) is 11.3 Å². The van der Waals surface area contributed by atoms with E-state index in [0.29, 0.717) is 24.9 Å². The number of aromatic nitrogens is 1. The maximum Gasteiger partial charge on any atom is 0.490 e. The fourth-order valence-electron chi connectivity index (χ4n) is 3.73. The third-order valence-electron chi connectivity index (χ3n) is 5.35. The van der Waals surface area contributed by atoms with E-state index in [1.807, 2.05) is 12.1 Å². The maximum absolute atomic E-state index is 12.3. The van der Waals surface area contributed by atoms with Crippen LogP contribution in [0.25, 0.3) is 0 Å². The van der Waals surface area contributed by atoms with Crippen LogP contribution in [-0.4, -0.2) is 76.1 Å². The van der Waals surface area contributed by atoms with E-state index < -0.39 is 24.3 Å². The third kappa shape index (κ3) is 10.3. The number of amides is 1. The average molecular weight is 571 g/mol. The zero-order valence-corrected chi connectivity index (χ0v) is 20.2. The summed E-state index contributed by atoms with van der Waals surface area (Å²) in [5, 5.41) is 19.3. The molecule has 9 nitrogen and oxygen atoms in total. The lowest BCUT2D eigenvalue weighted by Gasteiger charge is -2.18. The largest absolute Gasteiger partial charge is 0.490 e. The van der Waals surface area contributed by atoms with E-state index in [9.17, 15) is 31.1 Å². The number of nitrogens with zero attached hydrogens (tertiary/aromatic N) is 2. The number of halogens is 6. The van der Waals surface area contributed by atoms with Gasteiger partial charge < -0.3 is 20.3 Å². The smallest absolute Gasteiger partial charge is 0.475 e. The minimum Gasteiger partial charge on any atom is -0.475 e. The zero-order valence-electron chi connectivity index (χ0n) is 19.4. The molecule has 38 heavy (non-hydrogen) atoms. The van der Waals surface area contributed by atoms with E-state index >= 15 is 0 Å². The van der Waals surface area contributed by atoms with Gasteiger partial charge in [-0.3, -0.25) is 14.7 Å². The third-order valence-corrected chi connectivity index (χ3v) is 6.21. The summed E-state index contributed by atoms with van der Waals surface area (Å²) in [5.41, 5.74) is 0.753. The van der Waals surface area contributed by atoms with E-state index in [-0.39, 0.29) is 12.0 Å². The molecule has 3 atom stereocenters. The summed E-state index contributed by atoms with van der Waals surface area (Å²) in [6.07, 6.45) is -6.00. The van der Waals surface area contributed by atoms with Gasteiger partial charge in [0.25, 0.3) is 0 Å². The predicted octanol–water partition coefficient (Wildman–Crippen LogP) is 3.89. The topological polar surface area (TPSA) is 129 Å². The number of carboxylic acid groups (broad SMARTS) is 2. The van der Waals surface area contributed by atoms with Crippen LogP contribution < -0.4 is 5.32 Å². The fraction of sp³-hybridized carbons (Fsp3) is 0.455. The van der Waals surface area contributed by atoms with Crippen LogP contribution in [-0.2, 0) is 25.7 Å². The number of pyridine rings is 1. The van der Waals surface area contributed by atoms with E-state index in [0.717, 1.165) is 25.3 Å². The summed E-state index contributed by atoms with van der Waals surface area (Å²) >= 11 is 1.80. The Hall–Kier alpha value is -3.24. The lowest BCUT2D eigenvalue weighted by molar-refractivity contribution is -0.193. The summed E-state index contributed by atoms with van der Waals surface area (Å²) in [7, 11) is 0. The Labute approximate surface area is 216 Å². The van der Waals surface area contributed by atoms with Crippen molar-refractivity contribution in [3.63, 3.8) is 0 Å². The first kappa shape index (κ1) is 31.0. The van der Waals surface area contributed by atoms with Crippen LogP contribution in [0.2, 0.25) is 0 Å². The van der Waals surface area contributed by atoms with Gasteiger partial charge in [0.2, 0.25) is 5.91 Å². The van der Waals surface area contributed by atoms with Crippen molar-refractivity contribution in [2.24, 2.45) is 11.8 Å². The van der Waals surface area contributed by atoms with Gasteiger partial charge in [0.15, 0.2) is 0 Å². The number of alkyl halides is 6. The number of rotatable bonds is 5. The maximum atomic E-state index is 12.3. The number of hydrogen-bond donors (Lipinski definition) is 3. The molecule has 4 rings (SSSR count). The highest BCUT2D eigenvalue weighted by molar-refractivity contribution is 7.09. The molecule has 1 amide bonds. The van der Waals surface area contributed by atoms with Gasteiger partial charge >= 0.3 is 24.3 Å². The minimum atomic E-state index is -5.08. The number of fused-ring (bicyclic) bond motifs is 1. The van der Waals surface area contributed by atoms with E-state index in [1.54, 1.807) is 23.7 Å². The van der Waals surface area contributed by atoms with Crippen molar-refractivity contribution in [1.82, 2.24) is 9.88 Å². The van der Waals surface area contributed by atoms with Crippen LogP contribution in [0.4, 0.5) is 32.0 Å². The summed E-state index contributed by atoms with van der Waals surface area (Å²) in [6.45, 7) is 3.68. The number of anilines is 1. The van der Waals surface area contributed by atoms with Gasteiger partial charge in [0.1, 0.15) is 0 Å². The lowest BCUT2D eigenvalue weighted by atomic mass is 9.90. The number of thiophene rings is 1. The first-order valence-electron chi connectivity index (χ1n) is 10.8. The first-order chi connectivity index (χ1) is 17.7. The monoisotopic (exact) mass is 571 g/mol. The molecule has 210 valence electrons. The molecule has 2 aromatic rings. The van der Waals surface area contributed by atoms with Gasteiger partial charge in [0.05, 0.1) is 24.6 Å². The van der Waals surface area contributed by atoms with E-state index in [1.165, 1.54) is 4.88 Å². The number of carboxylic acids is 2. The fourth-order valence-corrected chi connectivity index (χ4v) is 4.48. The highest BCUT2D eigenvalue weighted by Gasteiger charge is 2.44. The van der Waals surface area contributed by atoms with Gasteiger partial charge in [-0.2, -0.15) is 26.3 Å². The van der Waals surface area contributed by atoms with Gasteiger partial charge in [-0.25, -0.2) is 9.59 Å². The molecule has 2 aromatic heterocycles. The Bertz CT molecular complexity index is 1030. The lowest BCUT2D eigenvalue weighted by Crippen LogP contribution is -2.26. The van der Waals surface area contributed by atoms with Crippen molar-refractivity contribution >= 4 is 34.9 Å². The summed E-state index contributed by atoms with van der Waals surface area (Å²) < 4.78 is 69.4. The Morgan fingerprint density at radius 2 is 1.68 bits per heavy atom. The van der Waals surface area contributed by atoms with Crippen molar-refractivity contribution in [3.05, 3.63) is 46.9 Å². The normalized spacial score (nSPS) is 20.8. The van der Waals surface area contributed by atoms with Gasteiger partial charge in [-0.05, 0) is 29.5 Å². The molecule has 16 heteroatoms. The molecule has 3 N–H and O–H groups in total. The molecular weight excluding hydrogens is 548 g/mol. The summed E-state index contributed by atoms with van der Waals surface area (Å²) in [4.78, 5) is 37.9. The molecule has 2 aliphatic heterocycles. The molecular formula is C22H23F6N3O6S. The number of carbonyl (C=O) groups is 3. The van der Waals surface area contributed by atoms with Crippen molar-refractivity contribution in [2.75, 3.05) is 25.0 Å². The standard InChI is InChI=1S/C18H21N3O2S.2C2HF3O2/c22-18(20-14-3-1-5-19-8-14)7-13-12-23-17-11-21(10-16(13)17)9-15-4-2-6-24-15;2*3-2(4,5)1(6)7/h1-6,8,13,16-17H,7,9-12H2,(H,20,22);2*(H,6,7)/t13-,16-,17-;;/m1../s1. The Balaban J connectivity index is 0.000000301. The van der Waals surface area contributed by atoms with Gasteiger partial charge in [0, 0.05) is 43.0 Å². The van der Waals surface area contributed by atoms with Gasteiger partial charge in [-0.1, -0.05) is 6.07 Å². The summed E-state index contributed by atoms with van der Waals surface area (Å²) in [6, 6.07) is 7.96. The van der Waals surface area contributed by atoms with Crippen molar-refractivity contribution < 1.29 is 55.7 Å². The quantitative estimate of drug-likeness (QED) is 0.462. The molecule has 2 aliphatic rings. The zero-order chi connectivity index (χ0) is 28.5. The molecule has 0 saturated carbocycles. The van der Waals surface area contributed by atoms with Crippen LogP contribution in [0.1, 0.15) is 11.3 Å². The van der Waals surface area contributed by atoms with Crippen LogP contribution in [0.15, 0.2) is 42.0 Å². The highest BCUT2D eigenvalue weighted by atomic mass is 32.1. The van der Waals surface area contributed by atoms with Crippen molar-refractivity contribution in [2.45, 2.75) is 31.4 Å². The Morgan fingerprint density at radius 3 is 2.18 bits per heavy atom. The molecule has 0 bridgehead atoms. The second-order valence-electron chi connectivity index (χ2n) is 8.17. The first-order valence-corrected chi connectivity index (χ1v) is 11.7. The predicted molar refractivity (Wildman–Crippen MR) is 121 cm³/mol. The Kier molecular flexibility index (Phi) is 11.0. The molecule has 2 saturated heterocycles. The van der Waals surface area contributed by atoms with Crippen molar-refractivity contribution in [3.8, 4) is 0 Å². The second-order valence-corrected chi connectivity index (χ2v) is 9.20. The number of carbonyl (C=O) groups excluding carboxylic acids is 1. The minimum absolute atomic E-state index is 0.0500. The molecule has 0 radical (unpaired) electrons. The molecule has 0 spiro atoms. The van der Waals surface area contributed by atoms with Crippen LogP contribution in [0.5, 0.6) is 0 Å². The summed E-state index contributed by atoms with van der Waals surface area (Å²) in [5.74, 6) is -4.70. The Morgan fingerprint density at radius 1 is 1.05 bits per heavy atom. The number of aliphatic carboxylic acids is 2. The van der Waals surface area contributed by atoms with Crippen molar-refractivity contribution in [1.29, 1.82) is 0 Å². The number of hydrogen-bond acceptors (Lipinski definition) is 7. The SMILES string of the molecule is O=C(C[C@@H]1CO[C@@H]2CN(Cc3cccs3)C[C@H]12)Nc1cccnc1.O=C(O)C(F)(F)F.O=C(O)C(F)(F)F. The second kappa shape index (κ2) is 13.5. The molecule has 2 fully saturated rings. The molecule has 0 aliphatic carbocycles. The molecule has 4 heterocycles. The van der Waals surface area contributed by atoms with Crippen LogP contribution in [0.3, 0.4) is 0 Å².